The van der Waals surface area contributed by atoms with E-state index >= 15 is 0 Å². The monoisotopic (exact) mass is 340 g/mol. The van der Waals surface area contributed by atoms with Gasteiger partial charge in [-0.1, -0.05) is 17.7 Å². The van der Waals surface area contributed by atoms with Gasteiger partial charge in [0.25, 0.3) is 5.91 Å². The molecule has 2 rings (SSSR count). The second-order valence-corrected chi connectivity index (χ2v) is 5.67. The number of benzene rings is 1. The van der Waals surface area contributed by atoms with E-state index in [0.29, 0.717) is 43.6 Å². The van der Waals surface area contributed by atoms with Crippen LogP contribution in [-0.4, -0.2) is 60.7 Å². The highest BCUT2D eigenvalue weighted by Crippen LogP contribution is 2.19. The third-order valence-corrected chi connectivity index (χ3v) is 3.81. The predicted octanol–water partition coefficient (Wildman–Crippen LogP) is 2.41. The van der Waals surface area contributed by atoms with Gasteiger partial charge in [-0.3, -0.25) is 4.79 Å². The molecule has 6 nitrogen and oxygen atoms in total. The van der Waals surface area contributed by atoms with Crippen LogP contribution in [0.2, 0.25) is 5.02 Å². The van der Waals surface area contributed by atoms with Crippen LogP contribution in [0, 0.1) is 0 Å². The number of piperazine rings is 1. The normalized spacial score (nSPS) is 16.0. The molecule has 1 aliphatic rings. The molecule has 0 bridgehead atoms. The van der Waals surface area contributed by atoms with E-state index in [-0.39, 0.29) is 12.0 Å². The van der Waals surface area contributed by atoms with Gasteiger partial charge in [0, 0.05) is 31.2 Å². The fourth-order valence-corrected chi connectivity index (χ4v) is 2.56. The zero-order chi connectivity index (χ0) is 16.8. The zero-order valence-electron chi connectivity index (χ0n) is 13.3. The standard InChI is InChI=1S/C16H21ClN2O4/c1-3-22-16(21)19-9-7-18(8-10-19)15(20)12(2)23-14-6-4-5-13(17)11-14/h4-6,11-12H,3,7-10H2,1-2H3. The summed E-state index contributed by atoms with van der Waals surface area (Å²) in [6.07, 6.45) is -0.939. The maximum absolute atomic E-state index is 12.4. The Kier molecular flexibility index (Phi) is 6.10. The Morgan fingerprint density at radius 2 is 1.87 bits per heavy atom. The number of ether oxygens (including phenoxy) is 2. The number of amides is 2. The number of hydrogen-bond donors (Lipinski definition) is 0. The first-order valence-electron chi connectivity index (χ1n) is 7.64. The van der Waals surface area contributed by atoms with Crippen LogP contribution in [-0.2, 0) is 9.53 Å². The Morgan fingerprint density at radius 1 is 1.22 bits per heavy atom. The van der Waals surface area contributed by atoms with Crippen molar-refractivity contribution in [2.75, 3.05) is 32.8 Å². The molecule has 0 aromatic heterocycles. The summed E-state index contributed by atoms with van der Waals surface area (Å²) in [4.78, 5) is 27.4. The summed E-state index contributed by atoms with van der Waals surface area (Å²) in [5.74, 6) is 0.456. The number of carbonyl (C=O) groups excluding carboxylic acids is 2. The lowest BCUT2D eigenvalue weighted by Crippen LogP contribution is -2.53. The Labute approximate surface area is 140 Å². The van der Waals surface area contributed by atoms with E-state index in [4.69, 9.17) is 21.1 Å². The van der Waals surface area contributed by atoms with Crippen molar-refractivity contribution in [2.45, 2.75) is 20.0 Å². The summed E-state index contributed by atoms with van der Waals surface area (Å²) < 4.78 is 10.6. The van der Waals surface area contributed by atoms with Crippen molar-refractivity contribution in [3.63, 3.8) is 0 Å². The van der Waals surface area contributed by atoms with Crippen molar-refractivity contribution >= 4 is 23.6 Å². The molecule has 1 aromatic rings. The smallest absolute Gasteiger partial charge is 0.409 e. The van der Waals surface area contributed by atoms with Gasteiger partial charge in [0.15, 0.2) is 6.10 Å². The third-order valence-electron chi connectivity index (χ3n) is 3.57. The van der Waals surface area contributed by atoms with Crippen molar-refractivity contribution in [3.05, 3.63) is 29.3 Å². The number of carbonyl (C=O) groups is 2. The first kappa shape index (κ1) is 17.4. The molecule has 0 saturated carbocycles. The second kappa shape index (κ2) is 8.06. The van der Waals surface area contributed by atoms with Gasteiger partial charge in [-0.25, -0.2) is 4.79 Å². The predicted molar refractivity (Wildman–Crippen MR) is 86.7 cm³/mol. The van der Waals surface area contributed by atoms with Gasteiger partial charge >= 0.3 is 6.09 Å². The van der Waals surface area contributed by atoms with Crippen LogP contribution in [0.1, 0.15) is 13.8 Å². The van der Waals surface area contributed by atoms with E-state index in [0.717, 1.165) is 0 Å². The van der Waals surface area contributed by atoms with Gasteiger partial charge in [-0.15, -0.1) is 0 Å². The molecular weight excluding hydrogens is 320 g/mol. The van der Waals surface area contributed by atoms with Gasteiger partial charge in [0.1, 0.15) is 5.75 Å². The molecule has 1 aliphatic heterocycles. The molecule has 0 spiro atoms. The first-order valence-corrected chi connectivity index (χ1v) is 8.01. The maximum atomic E-state index is 12.4. The highest BCUT2D eigenvalue weighted by atomic mass is 35.5. The van der Waals surface area contributed by atoms with Crippen LogP contribution < -0.4 is 4.74 Å². The molecule has 0 radical (unpaired) electrons. The SMILES string of the molecule is CCOC(=O)N1CCN(C(=O)C(C)Oc2cccc(Cl)c2)CC1. The fourth-order valence-electron chi connectivity index (χ4n) is 2.38. The molecule has 1 fully saturated rings. The highest BCUT2D eigenvalue weighted by Gasteiger charge is 2.28. The zero-order valence-corrected chi connectivity index (χ0v) is 14.1. The molecule has 0 N–H and O–H groups in total. The lowest BCUT2D eigenvalue weighted by Gasteiger charge is -2.35. The maximum Gasteiger partial charge on any atom is 0.409 e. The van der Waals surface area contributed by atoms with Crippen molar-refractivity contribution in [1.82, 2.24) is 9.80 Å². The van der Waals surface area contributed by atoms with E-state index in [1.54, 1.807) is 47.9 Å². The molecule has 0 aliphatic carbocycles. The summed E-state index contributed by atoms with van der Waals surface area (Å²) in [5, 5.41) is 0.560. The van der Waals surface area contributed by atoms with Crippen LogP contribution in [0.4, 0.5) is 4.79 Å². The summed E-state index contributed by atoms with van der Waals surface area (Å²) in [5.41, 5.74) is 0. The summed E-state index contributed by atoms with van der Waals surface area (Å²) in [6, 6.07) is 6.95. The van der Waals surface area contributed by atoms with Crippen molar-refractivity contribution < 1.29 is 19.1 Å². The molecular formula is C16H21ClN2O4. The van der Waals surface area contributed by atoms with Crippen molar-refractivity contribution in [1.29, 1.82) is 0 Å². The minimum absolute atomic E-state index is 0.103. The average molecular weight is 341 g/mol. The Bertz CT molecular complexity index is 559. The molecule has 1 atom stereocenters. The Hall–Kier alpha value is -1.95. The largest absolute Gasteiger partial charge is 0.481 e. The fraction of sp³-hybridized carbons (Fsp3) is 0.500. The number of rotatable bonds is 4. The second-order valence-electron chi connectivity index (χ2n) is 5.23. The lowest BCUT2D eigenvalue weighted by molar-refractivity contribution is -0.139. The van der Waals surface area contributed by atoms with Crippen LogP contribution in [0.15, 0.2) is 24.3 Å². The first-order chi connectivity index (χ1) is 11.0. The summed E-state index contributed by atoms with van der Waals surface area (Å²) >= 11 is 5.90. The van der Waals surface area contributed by atoms with Gasteiger partial charge in [0.05, 0.1) is 6.61 Å². The van der Waals surface area contributed by atoms with Crippen LogP contribution >= 0.6 is 11.6 Å². The number of nitrogens with zero attached hydrogens (tertiary/aromatic N) is 2. The minimum Gasteiger partial charge on any atom is -0.481 e. The molecule has 1 aromatic carbocycles. The quantitative estimate of drug-likeness (QED) is 0.844. The van der Waals surface area contributed by atoms with Crippen molar-refractivity contribution in [3.8, 4) is 5.75 Å². The lowest BCUT2D eigenvalue weighted by atomic mass is 10.2. The van der Waals surface area contributed by atoms with E-state index in [1.807, 2.05) is 0 Å². The molecule has 126 valence electrons. The third kappa shape index (κ3) is 4.76. The molecule has 23 heavy (non-hydrogen) atoms. The topological polar surface area (TPSA) is 59.1 Å². The molecule has 1 unspecified atom stereocenters. The molecule has 7 heteroatoms. The van der Waals surface area contributed by atoms with Crippen LogP contribution in [0.3, 0.4) is 0 Å². The molecule has 2 amide bonds. The summed E-state index contributed by atoms with van der Waals surface area (Å²) in [6.45, 7) is 5.71. The Morgan fingerprint density at radius 3 is 2.48 bits per heavy atom. The van der Waals surface area contributed by atoms with Gasteiger partial charge < -0.3 is 19.3 Å². The Balaban J connectivity index is 1.85. The van der Waals surface area contributed by atoms with Gasteiger partial charge in [-0.05, 0) is 32.0 Å². The van der Waals surface area contributed by atoms with Gasteiger partial charge in [0.2, 0.25) is 0 Å². The molecule has 1 heterocycles. The average Bonchev–Trinajstić information content (AvgIpc) is 2.54. The van der Waals surface area contributed by atoms with E-state index in [2.05, 4.69) is 0 Å². The van der Waals surface area contributed by atoms with E-state index < -0.39 is 6.10 Å². The van der Waals surface area contributed by atoms with E-state index in [9.17, 15) is 9.59 Å². The van der Waals surface area contributed by atoms with Crippen LogP contribution in [0.5, 0.6) is 5.75 Å². The highest BCUT2D eigenvalue weighted by molar-refractivity contribution is 6.30. The molecule has 1 saturated heterocycles. The van der Waals surface area contributed by atoms with E-state index in [1.165, 1.54) is 0 Å². The van der Waals surface area contributed by atoms with Gasteiger partial charge in [-0.2, -0.15) is 0 Å². The number of halogens is 1. The van der Waals surface area contributed by atoms with Crippen molar-refractivity contribution in [2.24, 2.45) is 0 Å². The summed E-state index contributed by atoms with van der Waals surface area (Å²) in [7, 11) is 0. The number of hydrogen-bond acceptors (Lipinski definition) is 4. The van der Waals surface area contributed by atoms with Crippen LogP contribution in [0.25, 0.3) is 0 Å². The minimum atomic E-state index is -0.609.